The molecule has 2 N–H and O–H groups in total. The molecule has 1 aromatic carbocycles. The quantitative estimate of drug-likeness (QED) is 0.595. The summed E-state index contributed by atoms with van der Waals surface area (Å²) in [6, 6.07) is 12.0. The molecule has 1 heterocycles. The van der Waals surface area contributed by atoms with Gasteiger partial charge < -0.3 is 19.8 Å². The van der Waals surface area contributed by atoms with Crippen LogP contribution in [-0.2, 0) is 22.4 Å². The summed E-state index contributed by atoms with van der Waals surface area (Å²) in [5.74, 6) is 3.89. The molecule has 2 aromatic rings. The Balaban J connectivity index is 1.10. The van der Waals surface area contributed by atoms with E-state index in [0.717, 1.165) is 42.3 Å². The standard InChI is InChI=1S/C24H30N2O4/c1-16-14-21(16)22-10-8-20(30-22)9-11-23(27)25-13-12-17-2-6-19(7-3-17)29-15-24(28)26-18-4-5-18/h2-3,6-8,10,16,18,21H,4-5,9,11-15H2,1H3,(H,25,27)(H,26,28). The van der Waals surface area contributed by atoms with Crippen molar-refractivity contribution in [1.29, 1.82) is 0 Å². The minimum Gasteiger partial charge on any atom is -0.484 e. The largest absolute Gasteiger partial charge is 0.484 e. The molecule has 2 atom stereocenters. The minimum absolute atomic E-state index is 0.0365. The van der Waals surface area contributed by atoms with Crippen LogP contribution in [0.4, 0.5) is 0 Å². The molecule has 30 heavy (non-hydrogen) atoms. The van der Waals surface area contributed by atoms with Crippen LogP contribution in [0.15, 0.2) is 40.8 Å². The first-order valence-electron chi connectivity index (χ1n) is 10.9. The van der Waals surface area contributed by atoms with E-state index in [1.165, 1.54) is 6.42 Å². The average Bonchev–Trinajstić information content (AvgIpc) is 3.65. The number of rotatable bonds is 11. The van der Waals surface area contributed by atoms with Crippen molar-refractivity contribution in [3.8, 4) is 5.75 Å². The number of ether oxygens (including phenoxy) is 1. The maximum atomic E-state index is 12.1. The van der Waals surface area contributed by atoms with Crippen LogP contribution < -0.4 is 15.4 Å². The molecule has 0 bridgehead atoms. The summed E-state index contributed by atoms with van der Waals surface area (Å²) in [5.41, 5.74) is 1.11. The first-order chi connectivity index (χ1) is 14.6. The highest BCUT2D eigenvalue weighted by atomic mass is 16.5. The van der Waals surface area contributed by atoms with Crippen molar-refractivity contribution in [2.24, 2.45) is 5.92 Å². The van der Waals surface area contributed by atoms with E-state index in [0.29, 0.717) is 37.1 Å². The van der Waals surface area contributed by atoms with Crippen LogP contribution in [0.5, 0.6) is 5.75 Å². The number of benzene rings is 1. The third-order valence-electron chi connectivity index (χ3n) is 5.73. The summed E-state index contributed by atoms with van der Waals surface area (Å²) in [4.78, 5) is 23.7. The van der Waals surface area contributed by atoms with E-state index in [1.807, 2.05) is 36.4 Å². The van der Waals surface area contributed by atoms with Gasteiger partial charge in [0.1, 0.15) is 17.3 Å². The fourth-order valence-electron chi connectivity index (χ4n) is 3.52. The van der Waals surface area contributed by atoms with Gasteiger partial charge in [0.2, 0.25) is 5.91 Å². The predicted molar refractivity (Wildman–Crippen MR) is 113 cm³/mol. The van der Waals surface area contributed by atoms with Gasteiger partial charge in [-0.3, -0.25) is 9.59 Å². The monoisotopic (exact) mass is 410 g/mol. The summed E-state index contributed by atoms with van der Waals surface area (Å²) in [5, 5.41) is 5.86. The third kappa shape index (κ3) is 6.12. The normalized spacial score (nSPS) is 19.9. The van der Waals surface area contributed by atoms with Crippen LogP contribution in [0, 0.1) is 5.92 Å². The first kappa shape index (κ1) is 20.5. The zero-order chi connectivity index (χ0) is 20.9. The van der Waals surface area contributed by atoms with Crippen LogP contribution in [0.1, 0.15) is 55.6 Å². The Labute approximate surface area is 177 Å². The van der Waals surface area contributed by atoms with E-state index in [-0.39, 0.29) is 18.4 Å². The second-order valence-electron chi connectivity index (χ2n) is 8.50. The van der Waals surface area contributed by atoms with Crippen molar-refractivity contribution >= 4 is 11.8 Å². The Hall–Kier alpha value is -2.76. The molecule has 6 nitrogen and oxygen atoms in total. The highest BCUT2D eigenvalue weighted by Gasteiger charge is 2.36. The SMILES string of the molecule is CC1CC1c1ccc(CCC(=O)NCCc2ccc(OCC(=O)NC3CC3)cc2)o1. The Morgan fingerprint density at radius 2 is 1.83 bits per heavy atom. The maximum absolute atomic E-state index is 12.1. The molecule has 0 radical (unpaired) electrons. The Morgan fingerprint density at radius 1 is 1.07 bits per heavy atom. The number of aryl methyl sites for hydroxylation is 1. The molecule has 2 aliphatic carbocycles. The molecule has 2 saturated carbocycles. The molecule has 2 fully saturated rings. The number of hydrogen-bond donors (Lipinski definition) is 2. The van der Waals surface area contributed by atoms with E-state index in [2.05, 4.69) is 17.6 Å². The van der Waals surface area contributed by atoms with Crippen LogP contribution in [-0.4, -0.2) is 31.0 Å². The van der Waals surface area contributed by atoms with Crippen molar-refractivity contribution in [1.82, 2.24) is 10.6 Å². The Kier molecular flexibility index (Phi) is 6.41. The number of nitrogens with one attached hydrogen (secondary N) is 2. The highest BCUT2D eigenvalue weighted by Crippen LogP contribution is 2.47. The van der Waals surface area contributed by atoms with Gasteiger partial charge in [-0.2, -0.15) is 0 Å². The fraction of sp³-hybridized carbons (Fsp3) is 0.500. The van der Waals surface area contributed by atoms with E-state index < -0.39 is 0 Å². The molecule has 1 aromatic heterocycles. The van der Waals surface area contributed by atoms with E-state index in [4.69, 9.17) is 9.15 Å². The van der Waals surface area contributed by atoms with Gasteiger partial charge in [-0.15, -0.1) is 0 Å². The number of carbonyl (C=O) groups is 2. The average molecular weight is 411 g/mol. The second-order valence-corrected chi connectivity index (χ2v) is 8.50. The highest BCUT2D eigenvalue weighted by molar-refractivity contribution is 5.78. The molecule has 4 rings (SSSR count). The predicted octanol–water partition coefficient (Wildman–Crippen LogP) is 3.35. The van der Waals surface area contributed by atoms with Gasteiger partial charge in [0.25, 0.3) is 5.91 Å². The van der Waals surface area contributed by atoms with Gasteiger partial charge in [0.15, 0.2) is 6.61 Å². The van der Waals surface area contributed by atoms with E-state index in [9.17, 15) is 9.59 Å². The minimum atomic E-state index is -0.0721. The van der Waals surface area contributed by atoms with Gasteiger partial charge in [-0.05, 0) is 61.4 Å². The van der Waals surface area contributed by atoms with Gasteiger partial charge in [-0.25, -0.2) is 0 Å². The number of carbonyl (C=O) groups excluding carboxylic acids is 2. The maximum Gasteiger partial charge on any atom is 0.258 e. The van der Waals surface area contributed by atoms with Gasteiger partial charge >= 0.3 is 0 Å². The molecule has 0 aliphatic heterocycles. The molecular weight excluding hydrogens is 380 g/mol. The zero-order valence-corrected chi connectivity index (χ0v) is 17.5. The third-order valence-corrected chi connectivity index (χ3v) is 5.73. The summed E-state index contributed by atoms with van der Waals surface area (Å²) >= 11 is 0. The Morgan fingerprint density at radius 3 is 2.53 bits per heavy atom. The van der Waals surface area contributed by atoms with Crippen LogP contribution >= 0.6 is 0 Å². The number of hydrogen-bond acceptors (Lipinski definition) is 4. The zero-order valence-electron chi connectivity index (χ0n) is 17.5. The lowest BCUT2D eigenvalue weighted by atomic mass is 10.1. The lowest BCUT2D eigenvalue weighted by Gasteiger charge is -2.08. The van der Waals surface area contributed by atoms with Crippen molar-refractivity contribution < 1.29 is 18.7 Å². The molecule has 0 saturated heterocycles. The van der Waals surface area contributed by atoms with Gasteiger partial charge in [0.05, 0.1) is 0 Å². The molecule has 6 heteroatoms. The fourth-order valence-corrected chi connectivity index (χ4v) is 3.52. The van der Waals surface area contributed by atoms with Crippen LogP contribution in [0.25, 0.3) is 0 Å². The Bertz CT molecular complexity index is 870. The summed E-state index contributed by atoms with van der Waals surface area (Å²) < 4.78 is 11.4. The number of amides is 2. The summed E-state index contributed by atoms with van der Waals surface area (Å²) in [6.07, 6.45) is 5.16. The van der Waals surface area contributed by atoms with Crippen molar-refractivity contribution in [3.63, 3.8) is 0 Å². The lowest BCUT2D eigenvalue weighted by Crippen LogP contribution is -2.30. The smallest absolute Gasteiger partial charge is 0.258 e. The van der Waals surface area contributed by atoms with Crippen LogP contribution in [0.3, 0.4) is 0 Å². The molecule has 2 aliphatic rings. The molecule has 2 unspecified atom stereocenters. The van der Waals surface area contributed by atoms with Crippen LogP contribution in [0.2, 0.25) is 0 Å². The van der Waals surface area contributed by atoms with E-state index in [1.54, 1.807) is 0 Å². The second kappa shape index (κ2) is 9.37. The molecule has 0 spiro atoms. The summed E-state index contributed by atoms with van der Waals surface area (Å²) in [7, 11) is 0. The molecule has 160 valence electrons. The van der Waals surface area contributed by atoms with E-state index >= 15 is 0 Å². The summed E-state index contributed by atoms with van der Waals surface area (Å²) in [6.45, 7) is 2.87. The molecular formula is C24H30N2O4. The van der Waals surface area contributed by atoms with Crippen molar-refractivity contribution in [3.05, 3.63) is 53.5 Å². The van der Waals surface area contributed by atoms with Gasteiger partial charge in [0, 0.05) is 31.3 Å². The van der Waals surface area contributed by atoms with Crippen molar-refractivity contribution in [2.45, 2.75) is 57.4 Å². The first-order valence-corrected chi connectivity index (χ1v) is 10.9. The lowest BCUT2D eigenvalue weighted by molar-refractivity contribution is -0.123. The molecule has 2 amide bonds. The van der Waals surface area contributed by atoms with Gasteiger partial charge in [-0.1, -0.05) is 19.1 Å². The number of furan rings is 1. The topological polar surface area (TPSA) is 80.6 Å². The van der Waals surface area contributed by atoms with Crippen molar-refractivity contribution in [2.75, 3.05) is 13.2 Å².